The summed E-state index contributed by atoms with van der Waals surface area (Å²) in [7, 11) is 0. The highest BCUT2D eigenvalue weighted by molar-refractivity contribution is 5.92. The third-order valence-corrected chi connectivity index (χ3v) is 2.25. The normalized spacial score (nSPS) is 9.47. The monoisotopic (exact) mass is 258 g/mol. The Morgan fingerprint density at radius 3 is 2.47 bits per heavy atom. The molecule has 1 amide bonds. The summed E-state index contributed by atoms with van der Waals surface area (Å²) in [6, 6.07) is 0. The number of nitrogens with zero attached hydrogens (tertiary/aromatic N) is 2. The molecule has 6 heteroatoms. The van der Waals surface area contributed by atoms with E-state index in [1.807, 2.05) is 0 Å². The SMILES string of the molecule is CCCCCCNc1ncc(C(N)=O)cn1.Cl. The first-order chi connectivity index (χ1) is 7.74. The molecule has 0 radical (unpaired) electrons. The first-order valence-electron chi connectivity index (χ1n) is 5.59. The van der Waals surface area contributed by atoms with Crippen molar-refractivity contribution in [2.45, 2.75) is 32.6 Å². The zero-order valence-electron chi connectivity index (χ0n) is 9.98. The van der Waals surface area contributed by atoms with Gasteiger partial charge in [-0.2, -0.15) is 0 Å². The Bertz CT molecular complexity index is 329. The number of primary amides is 1. The lowest BCUT2D eigenvalue weighted by molar-refractivity contribution is 0.0999. The van der Waals surface area contributed by atoms with Gasteiger partial charge in [-0.3, -0.25) is 4.79 Å². The van der Waals surface area contributed by atoms with Crippen LogP contribution < -0.4 is 11.1 Å². The van der Waals surface area contributed by atoms with Crippen molar-refractivity contribution in [2.24, 2.45) is 5.73 Å². The van der Waals surface area contributed by atoms with E-state index in [-0.39, 0.29) is 12.4 Å². The molecule has 1 rings (SSSR count). The second kappa shape index (κ2) is 8.75. The van der Waals surface area contributed by atoms with Crippen LogP contribution in [0, 0.1) is 0 Å². The number of amides is 1. The van der Waals surface area contributed by atoms with Gasteiger partial charge in [0.2, 0.25) is 5.95 Å². The first-order valence-corrected chi connectivity index (χ1v) is 5.59. The molecule has 3 N–H and O–H groups in total. The number of carbonyl (C=O) groups excluding carboxylic acids is 1. The maximum absolute atomic E-state index is 10.8. The number of halogens is 1. The number of hydrogen-bond acceptors (Lipinski definition) is 4. The molecule has 0 saturated heterocycles. The second-order valence-electron chi connectivity index (χ2n) is 3.65. The van der Waals surface area contributed by atoms with Gasteiger partial charge in [0.1, 0.15) is 0 Å². The van der Waals surface area contributed by atoms with Crippen LogP contribution >= 0.6 is 12.4 Å². The number of rotatable bonds is 7. The van der Waals surface area contributed by atoms with E-state index in [1.54, 1.807) is 0 Å². The van der Waals surface area contributed by atoms with Crippen LogP contribution in [0.4, 0.5) is 5.95 Å². The van der Waals surface area contributed by atoms with Gasteiger partial charge in [-0.05, 0) is 6.42 Å². The number of aromatic nitrogens is 2. The number of nitrogens with two attached hydrogens (primary N) is 1. The van der Waals surface area contributed by atoms with Crippen molar-refractivity contribution in [3.8, 4) is 0 Å². The maximum Gasteiger partial charge on any atom is 0.251 e. The van der Waals surface area contributed by atoms with Crippen molar-refractivity contribution < 1.29 is 4.79 Å². The number of hydrogen-bond donors (Lipinski definition) is 2. The van der Waals surface area contributed by atoms with E-state index in [0.717, 1.165) is 13.0 Å². The number of nitrogens with one attached hydrogen (secondary N) is 1. The van der Waals surface area contributed by atoms with Crippen LogP contribution in [0.25, 0.3) is 0 Å². The third-order valence-electron chi connectivity index (χ3n) is 2.25. The number of anilines is 1. The molecule has 0 fully saturated rings. The average molecular weight is 259 g/mol. The Balaban J connectivity index is 0.00000256. The van der Waals surface area contributed by atoms with Crippen molar-refractivity contribution in [3.05, 3.63) is 18.0 Å². The van der Waals surface area contributed by atoms with Crippen molar-refractivity contribution in [3.63, 3.8) is 0 Å². The molecular formula is C11H19ClN4O. The summed E-state index contributed by atoms with van der Waals surface area (Å²) < 4.78 is 0. The topological polar surface area (TPSA) is 80.9 Å². The van der Waals surface area contributed by atoms with Gasteiger partial charge in [-0.15, -0.1) is 12.4 Å². The second-order valence-corrected chi connectivity index (χ2v) is 3.65. The van der Waals surface area contributed by atoms with Crippen LogP contribution in [0.5, 0.6) is 0 Å². The van der Waals surface area contributed by atoms with E-state index >= 15 is 0 Å². The standard InChI is InChI=1S/C11H18N4O.ClH/c1-2-3-4-5-6-13-11-14-7-9(8-15-11)10(12)16;/h7-8H,2-6H2,1H3,(H2,12,16)(H,13,14,15);1H. The molecule has 1 heterocycles. The fourth-order valence-electron chi connectivity index (χ4n) is 1.30. The summed E-state index contributed by atoms with van der Waals surface area (Å²) in [5, 5.41) is 3.10. The summed E-state index contributed by atoms with van der Waals surface area (Å²) >= 11 is 0. The summed E-state index contributed by atoms with van der Waals surface area (Å²) in [6.45, 7) is 3.04. The number of carbonyl (C=O) groups is 1. The van der Waals surface area contributed by atoms with Crippen LogP contribution in [0.2, 0.25) is 0 Å². The molecule has 0 aliphatic carbocycles. The molecule has 0 aromatic carbocycles. The lowest BCUT2D eigenvalue weighted by Gasteiger charge is -2.04. The summed E-state index contributed by atoms with van der Waals surface area (Å²) in [6.07, 6.45) is 7.66. The van der Waals surface area contributed by atoms with E-state index in [1.165, 1.54) is 31.7 Å². The van der Waals surface area contributed by atoms with Gasteiger partial charge >= 0.3 is 0 Å². The summed E-state index contributed by atoms with van der Waals surface area (Å²) in [5.41, 5.74) is 5.41. The molecule has 0 spiro atoms. The Morgan fingerprint density at radius 1 is 1.29 bits per heavy atom. The fourth-order valence-corrected chi connectivity index (χ4v) is 1.30. The fraction of sp³-hybridized carbons (Fsp3) is 0.545. The van der Waals surface area contributed by atoms with Gasteiger partial charge in [-0.25, -0.2) is 9.97 Å². The van der Waals surface area contributed by atoms with Gasteiger partial charge in [0, 0.05) is 18.9 Å². The molecule has 0 atom stereocenters. The van der Waals surface area contributed by atoms with Crippen molar-refractivity contribution in [1.82, 2.24) is 9.97 Å². The minimum atomic E-state index is -0.505. The van der Waals surface area contributed by atoms with Crippen LogP contribution in [0.3, 0.4) is 0 Å². The predicted octanol–water partition coefficient (Wildman–Crippen LogP) is 1.99. The smallest absolute Gasteiger partial charge is 0.251 e. The highest BCUT2D eigenvalue weighted by Crippen LogP contribution is 2.02. The van der Waals surface area contributed by atoms with E-state index < -0.39 is 5.91 Å². The van der Waals surface area contributed by atoms with Crippen LogP contribution in [-0.4, -0.2) is 22.4 Å². The van der Waals surface area contributed by atoms with Crippen LogP contribution in [-0.2, 0) is 0 Å². The molecular weight excluding hydrogens is 240 g/mol. The molecule has 96 valence electrons. The quantitative estimate of drug-likeness (QED) is 0.733. The molecule has 0 aliphatic heterocycles. The van der Waals surface area contributed by atoms with Gasteiger partial charge < -0.3 is 11.1 Å². The molecule has 0 bridgehead atoms. The van der Waals surface area contributed by atoms with E-state index in [9.17, 15) is 4.79 Å². The zero-order valence-corrected chi connectivity index (χ0v) is 10.8. The largest absolute Gasteiger partial charge is 0.366 e. The molecule has 0 saturated carbocycles. The van der Waals surface area contributed by atoms with Crippen LogP contribution in [0.1, 0.15) is 43.0 Å². The minimum Gasteiger partial charge on any atom is -0.366 e. The maximum atomic E-state index is 10.8. The highest BCUT2D eigenvalue weighted by atomic mass is 35.5. The number of unbranched alkanes of at least 4 members (excludes halogenated alkanes) is 3. The third kappa shape index (κ3) is 6.06. The summed E-state index contributed by atoms with van der Waals surface area (Å²) in [4.78, 5) is 18.8. The lowest BCUT2D eigenvalue weighted by Crippen LogP contribution is -2.13. The van der Waals surface area contributed by atoms with Crippen molar-refractivity contribution >= 4 is 24.3 Å². The Kier molecular flexibility index (Phi) is 8.05. The van der Waals surface area contributed by atoms with Gasteiger partial charge in [0.15, 0.2) is 0 Å². The van der Waals surface area contributed by atoms with E-state index in [4.69, 9.17) is 5.73 Å². The predicted molar refractivity (Wildman–Crippen MR) is 70.4 cm³/mol. The van der Waals surface area contributed by atoms with Crippen molar-refractivity contribution in [1.29, 1.82) is 0 Å². The lowest BCUT2D eigenvalue weighted by atomic mass is 10.2. The summed E-state index contributed by atoms with van der Waals surface area (Å²) in [5.74, 6) is 0.0380. The zero-order chi connectivity index (χ0) is 11.8. The molecule has 17 heavy (non-hydrogen) atoms. The Morgan fingerprint density at radius 2 is 1.94 bits per heavy atom. The van der Waals surface area contributed by atoms with E-state index in [0.29, 0.717) is 11.5 Å². The molecule has 1 aromatic heterocycles. The molecule has 5 nitrogen and oxygen atoms in total. The average Bonchev–Trinajstić information content (AvgIpc) is 2.29. The van der Waals surface area contributed by atoms with Crippen LogP contribution in [0.15, 0.2) is 12.4 Å². The molecule has 1 aromatic rings. The molecule has 0 aliphatic rings. The Labute approximate surface area is 108 Å². The van der Waals surface area contributed by atoms with Gasteiger partial charge in [-0.1, -0.05) is 26.2 Å². The molecule has 0 unspecified atom stereocenters. The minimum absolute atomic E-state index is 0. The first kappa shape index (κ1) is 15.6. The highest BCUT2D eigenvalue weighted by Gasteiger charge is 2.01. The van der Waals surface area contributed by atoms with Gasteiger partial charge in [0.25, 0.3) is 5.91 Å². The van der Waals surface area contributed by atoms with E-state index in [2.05, 4.69) is 22.2 Å². The Hall–Kier alpha value is -1.36. The van der Waals surface area contributed by atoms with Gasteiger partial charge in [0.05, 0.1) is 5.56 Å². The van der Waals surface area contributed by atoms with Crippen molar-refractivity contribution in [2.75, 3.05) is 11.9 Å².